The van der Waals surface area contributed by atoms with Crippen molar-refractivity contribution in [1.29, 1.82) is 0 Å². The molecule has 0 atom stereocenters. The minimum absolute atomic E-state index is 0.0205. The molecule has 0 aliphatic rings. The van der Waals surface area contributed by atoms with E-state index in [2.05, 4.69) is 37.2 Å². The maximum Gasteiger partial charge on any atom is 0.251 e. The molecule has 0 saturated carbocycles. The van der Waals surface area contributed by atoms with Gasteiger partial charge in [-0.05, 0) is 52.7 Å². The van der Waals surface area contributed by atoms with Crippen LogP contribution in [0.25, 0.3) is 0 Å². The number of aromatic nitrogens is 1. The van der Waals surface area contributed by atoms with Crippen LogP contribution in [0.15, 0.2) is 50.3 Å². The van der Waals surface area contributed by atoms with Gasteiger partial charge in [-0.2, -0.15) is 0 Å². The van der Waals surface area contributed by atoms with E-state index in [0.717, 1.165) is 14.5 Å². The average molecular weight is 400 g/mol. The van der Waals surface area contributed by atoms with E-state index in [1.54, 1.807) is 18.3 Å². The number of hydrogen-bond acceptors (Lipinski definition) is 2. The number of benzene rings is 1. The van der Waals surface area contributed by atoms with Crippen molar-refractivity contribution in [3.05, 3.63) is 61.4 Å². The Morgan fingerprint density at radius 1 is 1.25 bits per heavy atom. The van der Waals surface area contributed by atoms with Crippen molar-refractivity contribution in [2.75, 3.05) is 5.32 Å². The summed E-state index contributed by atoms with van der Waals surface area (Å²) in [5, 5.41) is 2.77. The van der Waals surface area contributed by atoms with Crippen LogP contribution >= 0.6 is 31.9 Å². The molecule has 0 fully saturated rings. The average Bonchev–Trinajstić information content (AvgIpc) is 2.38. The van der Waals surface area contributed by atoms with Gasteiger partial charge in [0.05, 0.1) is 0 Å². The van der Waals surface area contributed by atoms with E-state index in [1.807, 2.05) is 19.1 Å². The van der Waals surface area contributed by atoms with Crippen molar-refractivity contribution < 1.29 is 4.79 Å². The highest BCUT2D eigenvalue weighted by Crippen LogP contribution is 2.19. The molecule has 2 rings (SSSR count). The van der Waals surface area contributed by atoms with Gasteiger partial charge in [-0.3, -0.25) is 9.59 Å². The predicted octanol–water partition coefficient (Wildman–Crippen LogP) is 3.32. The van der Waals surface area contributed by atoms with Crippen molar-refractivity contribution >= 4 is 43.5 Å². The molecule has 1 amide bonds. The zero-order valence-corrected chi connectivity index (χ0v) is 13.9. The number of rotatable bonds is 3. The summed E-state index contributed by atoms with van der Waals surface area (Å²) in [6, 6.07) is 8.61. The number of hydrogen-bond donors (Lipinski definition) is 1. The van der Waals surface area contributed by atoms with Crippen LogP contribution in [0.4, 0.5) is 5.69 Å². The lowest BCUT2D eigenvalue weighted by Crippen LogP contribution is -2.26. The van der Waals surface area contributed by atoms with Crippen LogP contribution in [0.3, 0.4) is 0 Å². The minimum Gasteiger partial charge on any atom is -0.325 e. The molecule has 0 unspecified atom stereocenters. The van der Waals surface area contributed by atoms with Crippen LogP contribution < -0.4 is 10.9 Å². The van der Waals surface area contributed by atoms with Gasteiger partial charge in [-0.25, -0.2) is 0 Å². The number of anilines is 1. The zero-order valence-electron chi connectivity index (χ0n) is 10.7. The number of carbonyl (C=O) groups is 1. The molecule has 1 aromatic heterocycles. The summed E-state index contributed by atoms with van der Waals surface area (Å²) in [4.78, 5) is 23.6. The van der Waals surface area contributed by atoms with Gasteiger partial charge < -0.3 is 9.88 Å². The normalized spacial score (nSPS) is 10.3. The summed E-state index contributed by atoms with van der Waals surface area (Å²) >= 11 is 6.68. The Morgan fingerprint density at radius 2 is 2.00 bits per heavy atom. The van der Waals surface area contributed by atoms with E-state index in [1.165, 1.54) is 10.6 Å². The smallest absolute Gasteiger partial charge is 0.251 e. The van der Waals surface area contributed by atoms with E-state index >= 15 is 0 Å². The van der Waals surface area contributed by atoms with Gasteiger partial charge in [0.25, 0.3) is 5.56 Å². The van der Waals surface area contributed by atoms with Gasteiger partial charge in [0.15, 0.2) is 0 Å². The standard InChI is InChI=1S/C14H12Br2N2O2/c1-9-6-11(3-4-12(9)16)17-13(19)8-18-7-10(15)2-5-14(18)20/h2-7H,8H2,1H3,(H,17,19). The third-order valence-electron chi connectivity index (χ3n) is 2.70. The van der Waals surface area contributed by atoms with Gasteiger partial charge in [0.1, 0.15) is 6.54 Å². The zero-order chi connectivity index (χ0) is 14.7. The summed E-state index contributed by atoms with van der Waals surface area (Å²) in [6.07, 6.45) is 1.59. The summed E-state index contributed by atoms with van der Waals surface area (Å²) in [5.41, 5.74) is 1.52. The number of amides is 1. The first-order chi connectivity index (χ1) is 9.45. The lowest BCUT2D eigenvalue weighted by Gasteiger charge is -2.09. The molecule has 0 saturated heterocycles. The van der Waals surface area contributed by atoms with Crippen LogP contribution in [0.1, 0.15) is 5.56 Å². The van der Waals surface area contributed by atoms with Crippen LogP contribution in [0.5, 0.6) is 0 Å². The van der Waals surface area contributed by atoms with E-state index in [9.17, 15) is 9.59 Å². The van der Waals surface area contributed by atoms with Crippen molar-refractivity contribution in [2.24, 2.45) is 0 Å². The second-order valence-corrected chi connectivity index (χ2v) is 6.10. The first-order valence-corrected chi connectivity index (χ1v) is 7.46. The molecule has 4 nitrogen and oxygen atoms in total. The Kier molecular flexibility index (Phi) is 4.77. The first-order valence-electron chi connectivity index (χ1n) is 5.88. The SMILES string of the molecule is Cc1cc(NC(=O)Cn2cc(Br)ccc2=O)ccc1Br. The fourth-order valence-corrected chi connectivity index (χ4v) is 2.33. The fraction of sp³-hybridized carbons (Fsp3) is 0.143. The summed E-state index contributed by atoms with van der Waals surface area (Å²) < 4.78 is 3.09. The molecule has 1 heterocycles. The van der Waals surface area contributed by atoms with E-state index in [0.29, 0.717) is 5.69 Å². The van der Waals surface area contributed by atoms with Crippen LogP contribution in [0, 0.1) is 6.92 Å². The summed E-state index contributed by atoms with van der Waals surface area (Å²) in [5.74, 6) is -0.244. The molecule has 1 N–H and O–H groups in total. The number of nitrogens with zero attached hydrogens (tertiary/aromatic N) is 1. The molecule has 6 heteroatoms. The second-order valence-electron chi connectivity index (χ2n) is 4.33. The van der Waals surface area contributed by atoms with Gasteiger partial charge >= 0.3 is 0 Å². The van der Waals surface area contributed by atoms with E-state index in [-0.39, 0.29) is 18.0 Å². The van der Waals surface area contributed by atoms with Crippen LogP contribution in [-0.4, -0.2) is 10.5 Å². The minimum atomic E-state index is -0.244. The number of pyridine rings is 1. The third-order valence-corrected chi connectivity index (χ3v) is 4.06. The Hall–Kier alpha value is -1.40. The third kappa shape index (κ3) is 3.80. The highest BCUT2D eigenvalue weighted by atomic mass is 79.9. The maximum absolute atomic E-state index is 11.9. The number of carbonyl (C=O) groups excluding carboxylic acids is 1. The summed E-state index contributed by atoms with van der Waals surface area (Å²) in [6.45, 7) is 1.92. The van der Waals surface area contributed by atoms with E-state index < -0.39 is 0 Å². The number of aryl methyl sites for hydroxylation is 1. The fourth-order valence-electron chi connectivity index (χ4n) is 1.70. The monoisotopic (exact) mass is 398 g/mol. The molecule has 2 aromatic rings. The molecule has 0 spiro atoms. The van der Waals surface area contributed by atoms with Crippen molar-refractivity contribution in [2.45, 2.75) is 13.5 Å². The molecule has 0 bridgehead atoms. The van der Waals surface area contributed by atoms with Gasteiger partial charge in [-0.15, -0.1) is 0 Å². The molecule has 0 aliphatic carbocycles. The Balaban J connectivity index is 2.11. The Labute approximate surface area is 133 Å². The van der Waals surface area contributed by atoms with Gasteiger partial charge in [-0.1, -0.05) is 15.9 Å². The van der Waals surface area contributed by atoms with Crippen LogP contribution in [-0.2, 0) is 11.3 Å². The Bertz CT molecular complexity index is 711. The summed E-state index contributed by atoms with van der Waals surface area (Å²) in [7, 11) is 0. The van der Waals surface area contributed by atoms with Crippen molar-refractivity contribution in [3.8, 4) is 0 Å². The topological polar surface area (TPSA) is 51.1 Å². The molecular formula is C14H12Br2N2O2. The molecule has 1 aromatic carbocycles. The van der Waals surface area contributed by atoms with E-state index in [4.69, 9.17) is 0 Å². The quantitative estimate of drug-likeness (QED) is 0.860. The molecule has 20 heavy (non-hydrogen) atoms. The number of nitrogens with one attached hydrogen (secondary N) is 1. The lowest BCUT2D eigenvalue weighted by atomic mass is 10.2. The highest BCUT2D eigenvalue weighted by Gasteiger charge is 2.06. The number of halogens is 2. The Morgan fingerprint density at radius 3 is 2.70 bits per heavy atom. The molecular weight excluding hydrogens is 388 g/mol. The lowest BCUT2D eigenvalue weighted by molar-refractivity contribution is -0.116. The largest absolute Gasteiger partial charge is 0.325 e. The molecule has 104 valence electrons. The van der Waals surface area contributed by atoms with Crippen LogP contribution in [0.2, 0.25) is 0 Å². The van der Waals surface area contributed by atoms with Gasteiger partial charge in [0.2, 0.25) is 5.91 Å². The second kappa shape index (κ2) is 6.37. The highest BCUT2D eigenvalue weighted by molar-refractivity contribution is 9.10. The van der Waals surface area contributed by atoms with Gasteiger partial charge in [0, 0.05) is 26.9 Å². The first kappa shape index (κ1) is 15.0. The molecule has 0 radical (unpaired) electrons. The predicted molar refractivity (Wildman–Crippen MR) is 85.9 cm³/mol. The maximum atomic E-state index is 11.9. The van der Waals surface area contributed by atoms with Crippen molar-refractivity contribution in [3.63, 3.8) is 0 Å². The molecule has 0 aliphatic heterocycles. The van der Waals surface area contributed by atoms with Crippen molar-refractivity contribution in [1.82, 2.24) is 4.57 Å².